The van der Waals surface area contributed by atoms with Crippen LogP contribution in [0.1, 0.15) is 43.4 Å². The van der Waals surface area contributed by atoms with Gasteiger partial charge in [0, 0.05) is 27.8 Å². The zero-order chi connectivity index (χ0) is 20.3. The maximum absolute atomic E-state index is 13.4. The SMILES string of the molecule is CC(c1cc(Br)cc(Br)c1)N(C)C(=O)CC1(c2ccc(F)cc2)CCNCC1. The molecule has 28 heavy (non-hydrogen) atoms. The number of nitrogens with one attached hydrogen (secondary N) is 1. The van der Waals surface area contributed by atoms with E-state index in [1.807, 2.05) is 49.2 Å². The lowest BCUT2D eigenvalue weighted by atomic mass is 9.70. The third kappa shape index (κ3) is 4.84. The van der Waals surface area contributed by atoms with Crippen molar-refractivity contribution in [1.82, 2.24) is 10.2 Å². The summed E-state index contributed by atoms with van der Waals surface area (Å²) in [7, 11) is 1.86. The van der Waals surface area contributed by atoms with Crippen LogP contribution in [0.3, 0.4) is 0 Å². The number of benzene rings is 2. The predicted octanol–water partition coefficient (Wildman–Crippen LogP) is 5.58. The van der Waals surface area contributed by atoms with Crippen LogP contribution in [0, 0.1) is 5.82 Å². The largest absolute Gasteiger partial charge is 0.339 e. The van der Waals surface area contributed by atoms with Crippen LogP contribution in [0.15, 0.2) is 51.4 Å². The lowest BCUT2D eigenvalue weighted by molar-refractivity contribution is -0.133. The zero-order valence-corrected chi connectivity index (χ0v) is 19.3. The molecule has 1 aliphatic heterocycles. The van der Waals surface area contributed by atoms with E-state index >= 15 is 0 Å². The molecule has 1 atom stereocenters. The fourth-order valence-electron chi connectivity index (χ4n) is 3.95. The molecule has 0 bridgehead atoms. The van der Waals surface area contributed by atoms with Gasteiger partial charge in [-0.05, 0) is 74.3 Å². The summed E-state index contributed by atoms with van der Waals surface area (Å²) in [5.41, 5.74) is 1.87. The van der Waals surface area contributed by atoms with Crippen molar-refractivity contribution in [3.8, 4) is 0 Å². The van der Waals surface area contributed by atoms with E-state index in [1.54, 1.807) is 0 Å². The molecule has 2 aromatic rings. The highest BCUT2D eigenvalue weighted by molar-refractivity contribution is 9.11. The summed E-state index contributed by atoms with van der Waals surface area (Å²) in [6, 6.07) is 12.7. The Kier molecular flexibility index (Phi) is 6.94. The average Bonchev–Trinajstić information content (AvgIpc) is 2.67. The summed E-state index contributed by atoms with van der Waals surface area (Å²) in [5.74, 6) is -0.139. The first-order chi connectivity index (χ1) is 13.3. The third-order valence-electron chi connectivity index (χ3n) is 5.85. The summed E-state index contributed by atoms with van der Waals surface area (Å²) in [4.78, 5) is 15.1. The topological polar surface area (TPSA) is 32.3 Å². The number of carbonyl (C=O) groups is 1. The summed E-state index contributed by atoms with van der Waals surface area (Å²) in [6.45, 7) is 3.77. The second-order valence-electron chi connectivity index (χ2n) is 7.60. The Hall–Kier alpha value is -1.24. The summed E-state index contributed by atoms with van der Waals surface area (Å²) in [5, 5.41) is 3.37. The Morgan fingerprint density at radius 1 is 1.14 bits per heavy atom. The van der Waals surface area contributed by atoms with E-state index in [9.17, 15) is 9.18 Å². The van der Waals surface area contributed by atoms with Gasteiger partial charge in [-0.25, -0.2) is 4.39 Å². The monoisotopic (exact) mass is 510 g/mol. The number of nitrogens with zero attached hydrogens (tertiary/aromatic N) is 1. The van der Waals surface area contributed by atoms with Gasteiger partial charge in [0.1, 0.15) is 5.82 Å². The molecule has 1 saturated heterocycles. The summed E-state index contributed by atoms with van der Waals surface area (Å²) >= 11 is 7.04. The number of rotatable bonds is 5. The molecule has 0 spiro atoms. The number of hydrogen-bond acceptors (Lipinski definition) is 2. The first-order valence-electron chi connectivity index (χ1n) is 9.49. The van der Waals surface area contributed by atoms with Gasteiger partial charge in [-0.2, -0.15) is 0 Å². The van der Waals surface area contributed by atoms with Crippen LogP contribution in [0.4, 0.5) is 4.39 Å². The molecule has 3 nitrogen and oxygen atoms in total. The second-order valence-corrected chi connectivity index (χ2v) is 9.43. The van der Waals surface area contributed by atoms with Gasteiger partial charge >= 0.3 is 0 Å². The third-order valence-corrected chi connectivity index (χ3v) is 6.76. The van der Waals surface area contributed by atoms with E-state index in [0.29, 0.717) is 6.42 Å². The average molecular weight is 512 g/mol. The first kappa shape index (κ1) is 21.5. The number of amides is 1. The molecule has 1 N–H and O–H groups in total. The van der Waals surface area contributed by atoms with Crippen LogP contribution < -0.4 is 5.32 Å². The normalized spacial score (nSPS) is 17.2. The van der Waals surface area contributed by atoms with Gasteiger partial charge in [0.15, 0.2) is 0 Å². The Morgan fingerprint density at radius 2 is 1.71 bits per heavy atom. The molecule has 150 valence electrons. The van der Waals surface area contributed by atoms with Crippen molar-refractivity contribution in [1.29, 1.82) is 0 Å². The Balaban J connectivity index is 1.82. The maximum Gasteiger partial charge on any atom is 0.223 e. The highest BCUT2D eigenvalue weighted by Gasteiger charge is 2.37. The number of hydrogen-bond donors (Lipinski definition) is 1. The fourth-order valence-corrected chi connectivity index (χ4v) is 5.28. The van der Waals surface area contributed by atoms with Crippen LogP contribution in [-0.4, -0.2) is 30.9 Å². The van der Waals surface area contributed by atoms with Crippen molar-refractivity contribution in [2.75, 3.05) is 20.1 Å². The van der Waals surface area contributed by atoms with Gasteiger partial charge in [0.05, 0.1) is 6.04 Å². The molecule has 1 unspecified atom stereocenters. The quantitative estimate of drug-likeness (QED) is 0.568. The fraction of sp³-hybridized carbons (Fsp3) is 0.409. The molecule has 6 heteroatoms. The minimum Gasteiger partial charge on any atom is -0.339 e. The van der Waals surface area contributed by atoms with Gasteiger partial charge in [-0.15, -0.1) is 0 Å². The Morgan fingerprint density at radius 3 is 2.29 bits per heavy atom. The van der Waals surface area contributed by atoms with Crippen molar-refractivity contribution in [3.05, 3.63) is 68.4 Å². The molecule has 0 aliphatic carbocycles. The van der Waals surface area contributed by atoms with Crippen molar-refractivity contribution in [2.24, 2.45) is 0 Å². The van der Waals surface area contributed by atoms with Crippen LogP contribution in [-0.2, 0) is 10.2 Å². The highest BCUT2D eigenvalue weighted by atomic mass is 79.9. The van der Waals surface area contributed by atoms with E-state index in [2.05, 4.69) is 37.2 Å². The Bertz CT molecular complexity index is 815. The van der Waals surface area contributed by atoms with E-state index in [4.69, 9.17) is 0 Å². The minimum atomic E-state index is -0.248. The van der Waals surface area contributed by atoms with E-state index < -0.39 is 0 Å². The number of piperidine rings is 1. The van der Waals surface area contributed by atoms with Gasteiger partial charge in [0.2, 0.25) is 5.91 Å². The molecular weight excluding hydrogens is 487 g/mol. The van der Waals surface area contributed by atoms with Gasteiger partial charge in [-0.1, -0.05) is 44.0 Å². The lowest BCUT2D eigenvalue weighted by Crippen LogP contribution is -2.44. The minimum absolute atomic E-state index is 0.0479. The molecule has 1 heterocycles. The second kappa shape index (κ2) is 9.06. The Labute approximate surface area is 183 Å². The molecule has 1 amide bonds. The molecule has 0 aromatic heterocycles. The van der Waals surface area contributed by atoms with E-state index in [-0.39, 0.29) is 23.2 Å². The van der Waals surface area contributed by atoms with Crippen LogP contribution in [0.2, 0.25) is 0 Å². The van der Waals surface area contributed by atoms with Crippen LogP contribution in [0.5, 0.6) is 0 Å². The smallest absolute Gasteiger partial charge is 0.223 e. The summed E-state index contributed by atoms with van der Waals surface area (Å²) in [6.07, 6.45) is 2.17. The van der Waals surface area contributed by atoms with Crippen molar-refractivity contribution < 1.29 is 9.18 Å². The zero-order valence-electron chi connectivity index (χ0n) is 16.1. The van der Waals surface area contributed by atoms with Crippen molar-refractivity contribution in [3.63, 3.8) is 0 Å². The standard InChI is InChI=1S/C22H25Br2FN2O/c1-15(16-11-18(23)13-19(24)12-16)27(2)21(28)14-22(7-9-26-10-8-22)17-3-5-20(25)6-4-17/h3-6,11-13,15,26H,7-10,14H2,1-2H3. The predicted molar refractivity (Wildman–Crippen MR) is 118 cm³/mol. The van der Waals surface area contributed by atoms with Gasteiger partial charge in [0.25, 0.3) is 0 Å². The molecule has 1 fully saturated rings. The van der Waals surface area contributed by atoms with Gasteiger partial charge in [-0.3, -0.25) is 4.79 Å². The molecule has 2 aromatic carbocycles. The molecule has 1 aliphatic rings. The molecule has 3 rings (SSSR count). The van der Waals surface area contributed by atoms with Crippen LogP contribution in [0.25, 0.3) is 0 Å². The van der Waals surface area contributed by atoms with Gasteiger partial charge < -0.3 is 10.2 Å². The van der Waals surface area contributed by atoms with Crippen molar-refractivity contribution in [2.45, 2.75) is 37.6 Å². The maximum atomic E-state index is 13.4. The van der Waals surface area contributed by atoms with E-state index in [0.717, 1.165) is 46.0 Å². The highest BCUT2D eigenvalue weighted by Crippen LogP contribution is 2.38. The number of halogens is 3. The lowest BCUT2D eigenvalue weighted by Gasteiger charge is -2.39. The van der Waals surface area contributed by atoms with Crippen LogP contribution >= 0.6 is 31.9 Å². The molecular formula is C22H25Br2FN2O. The van der Waals surface area contributed by atoms with Crippen molar-refractivity contribution >= 4 is 37.8 Å². The molecule has 0 radical (unpaired) electrons. The van der Waals surface area contributed by atoms with E-state index in [1.165, 1.54) is 12.1 Å². The number of carbonyl (C=O) groups excluding carboxylic acids is 1. The first-order valence-corrected chi connectivity index (χ1v) is 11.1. The summed E-state index contributed by atoms with van der Waals surface area (Å²) < 4.78 is 15.4. The molecule has 0 saturated carbocycles.